The Morgan fingerprint density at radius 2 is 1.71 bits per heavy atom. The van der Waals surface area contributed by atoms with Gasteiger partial charge in [-0.05, 0) is 80.2 Å². The Kier molecular flexibility index (Phi) is 17.1. The molecule has 0 fully saturated rings. The third-order valence-electron chi connectivity index (χ3n) is 6.94. The summed E-state index contributed by atoms with van der Waals surface area (Å²) in [5, 5.41) is 14.2. The lowest BCUT2D eigenvalue weighted by molar-refractivity contribution is -0.113. The predicted molar refractivity (Wildman–Crippen MR) is 186 cm³/mol. The second-order valence-electron chi connectivity index (χ2n) is 11.2. The molecule has 0 aliphatic rings. The lowest BCUT2D eigenvalue weighted by Gasteiger charge is -2.14. The number of allylic oxidation sites excluding steroid dienone is 1. The van der Waals surface area contributed by atoms with E-state index < -0.39 is 5.92 Å². The van der Waals surface area contributed by atoms with E-state index in [2.05, 4.69) is 34.2 Å². The van der Waals surface area contributed by atoms with Crippen LogP contribution in [0.3, 0.4) is 0 Å². The van der Waals surface area contributed by atoms with E-state index in [-0.39, 0.29) is 18.6 Å². The van der Waals surface area contributed by atoms with E-state index in [1.54, 1.807) is 19.2 Å². The van der Waals surface area contributed by atoms with Crippen LogP contribution in [0.4, 0.5) is 20.3 Å². The second-order valence-corrected chi connectivity index (χ2v) is 11.2. The molecule has 0 aliphatic heterocycles. The Morgan fingerprint density at radius 3 is 2.20 bits per heavy atom. The van der Waals surface area contributed by atoms with Crippen LogP contribution >= 0.6 is 0 Å². The van der Waals surface area contributed by atoms with Crippen LogP contribution in [0.5, 0.6) is 0 Å². The summed E-state index contributed by atoms with van der Waals surface area (Å²) in [6.45, 7) is 15.2. The third kappa shape index (κ3) is 14.4. The summed E-state index contributed by atoms with van der Waals surface area (Å²) in [7, 11) is 0. The van der Waals surface area contributed by atoms with Crippen LogP contribution < -0.4 is 11.2 Å². The minimum atomic E-state index is -2.43. The summed E-state index contributed by atoms with van der Waals surface area (Å²) in [5.74, 6) is 4.57. The van der Waals surface area contributed by atoms with Gasteiger partial charge in [-0.15, -0.1) is 0 Å². The summed E-state index contributed by atoms with van der Waals surface area (Å²) in [4.78, 5) is 20.5. The fourth-order valence-corrected chi connectivity index (χ4v) is 3.62. The molecular weight excluding hydrogens is 570 g/mol. The number of anilines is 2. The molecule has 0 saturated carbocycles. The number of Topliss-reactive ketones (excluding diaryl/α,β-unsaturated/α-hetero) is 1. The normalized spacial score (nSPS) is 11.6. The first kappa shape index (κ1) is 38.8. The van der Waals surface area contributed by atoms with E-state index in [1.165, 1.54) is 19.8 Å². The number of hydrogen-bond acceptors (Lipinski definition) is 7. The molecule has 0 amide bonds. The van der Waals surface area contributed by atoms with Crippen LogP contribution in [0.1, 0.15) is 97.3 Å². The molecule has 0 unspecified atom stereocenters. The van der Waals surface area contributed by atoms with Gasteiger partial charge in [0.1, 0.15) is 11.5 Å². The Hall–Kier alpha value is -4.27. The van der Waals surface area contributed by atoms with Crippen molar-refractivity contribution < 1.29 is 13.6 Å². The van der Waals surface area contributed by atoms with Crippen molar-refractivity contribution in [2.45, 2.75) is 93.4 Å². The first-order chi connectivity index (χ1) is 21.3. The fourth-order valence-electron chi connectivity index (χ4n) is 3.62. The highest BCUT2D eigenvalue weighted by atomic mass is 19.3. The maximum Gasteiger partial charge on any atom is 0.247 e. The number of halogens is 2. The van der Waals surface area contributed by atoms with Crippen molar-refractivity contribution in [3.05, 3.63) is 77.0 Å². The number of rotatable bonds is 12. The molecule has 0 radical (unpaired) electrons. The van der Waals surface area contributed by atoms with Crippen LogP contribution in [-0.4, -0.2) is 33.6 Å². The van der Waals surface area contributed by atoms with Crippen LogP contribution in [0.2, 0.25) is 0 Å². The summed E-state index contributed by atoms with van der Waals surface area (Å²) < 4.78 is 25.0. The van der Waals surface area contributed by atoms with E-state index in [0.29, 0.717) is 29.7 Å². The summed E-state index contributed by atoms with van der Waals surface area (Å²) in [6, 6.07) is 15.1. The van der Waals surface area contributed by atoms with Gasteiger partial charge in [-0.25, -0.2) is 18.7 Å². The van der Waals surface area contributed by atoms with Gasteiger partial charge < -0.3 is 16.6 Å². The maximum absolute atomic E-state index is 12.5. The molecule has 0 saturated heterocycles. The number of unbranched alkanes of at least 4 members (excludes halogenated alkanes) is 1. The molecule has 0 aliphatic carbocycles. The Balaban J connectivity index is 0.000000605. The summed E-state index contributed by atoms with van der Waals surface area (Å²) in [5.41, 5.74) is 5.65. The lowest BCUT2D eigenvalue weighted by Crippen LogP contribution is -2.14. The zero-order chi connectivity index (χ0) is 34.0. The molecule has 1 aromatic heterocycles. The van der Waals surface area contributed by atoms with E-state index in [4.69, 9.17) is 11.3 Å². The molecule has 244 valence electrons. The van der Waals surface area contributed by atoms with Crippen molar-refractivity contribution in [3.63, 3.8) is 0 Å². The SMILES string of the molecule is CC(=O)/C(C)=C/c1ccc(-c2nccc(Nc3ccc(/C(C=N)=N/N)cc3)n2)cc1C.CCC(F)(F)CCC(C)C.CCCC. The highest BCUT2D eigenvalue weighted by molar-refractivity contribution is 6.37. The smallest absolute Gasteiger partial charge is 0.247 e. The molecule has 2 aromatic carbocycles. The van der Waals surface area contributed by atoms with E-state index in [9.17, 15) is 13.6 Å². The van der Waals surface area contributed by atoms with Gasteiger partial charge in [-0.2, -0.15) is 5.10 Å². The zero-order valence-corrected chi connectivity index (χ0v) is 28.0. The second kappa shape index (κ2) is 19.9. The fraction of sp³-hybridized carbons (Fsp3) is 0.417. The monoisotopic (exact) mass is 620 g/mol. The minimum Gasteiger partial charge on any atom is -0.340 e. The lowest BCUT2D eigenvalue weighted by atomic mass is 10.0. The predicted octanol–water partition coefficient (Wildman–Crippen LogP) is 9.77. The number of ketones is 1. The number of nitrogens with two attached hydrogens (primary N) is 1. The largest absolute Gasteiger partial charge is 0.340 e. The van der Waals surface area contributed by atoms with Crippen LogP contribution in [-0.2, 0) is 4.79 Å². The van der Waals surface area contributed by atoms with Crippen LogP contribution in [0.15, 0.2) is 65.4 Å². The van der Waals surface area contributed by atoms with Gasteiger partial charge in [-0.3, -0.25) is 4.79 Å². The third-order valence-corrected chi connectivity index (χ3v) is 6.94. The van der Waals surface area contributed by atoms with Crippen molar-refractivity contribution in [1.82, 2.24) is 9.97 Å². The van der Waals surface area contributed by atoms with Gasteiger partial charge in [0.15, 0.2) is 11.6 Å². The molecule has 3 rings (SSSR count). The molecule has 0 spiro atoms. The Morgan fingerprint density at radius 1 is 1.07 bits per heavy atom. The van der Waals surface area contributed by atoms with Gasteiger partial charge in [0.05, 0.1) is 0 Å². The number of carbonyl (C=O) groups excluding carboxylic acids is 1. The molecular formula is C36H50F2N6O. The van der Waals surface area contributed by atoms with Gasteiger partial charge >= 0.3 is 0 Å². The molecule has 45 heavy (non-hydrogen) atoms. The number of hydrogen-bond donors (Lipinski definition) is 3. The number of nitrogens with zero attached hydrogens (tertiary/aromatic N) is 3. The zero-order valence-electron chi connectivity index (χ0n) is 28.0. The van der Waals surface area contributed by atoms with E-state index in [0.717, 1.165) is 39.7 Å². The van der Waals surface area contributed by atoms with Gasteiger partial charge in [0, 0.05) is 42.1 Å². The maximum atomic E-state index is 12.5. The van der Waals surface area contributed by atoms with Gasteiger partial charge in [0.25, 0.3) is 0 Å². The summed E-state index contributed by atoms with van der Waals surface area (Å²) in [6.07, 6.45) is 7.99. The van der Waals surface area contributed by atoms with E-state index >= 15 is 0 Å². The minimum absolute atomic E-state index is 0.0281. The summed E-state index contributed by atoms with van der Waals surface area (Å²) >= 11 is 0. The molecule has 3 aromatic rings. The highest BCUT2D eigenvalue weighted by Gasteiger charge is 2.25. The molecule has 4 N–H and O–H groups in total. The molecule has 9 heteroatoms. The van der Waals surface area contributed by atoms with Gasteiger partial charge in [-0.1, -0.05) is 71.7 Å². The Labute approximate surface area is 268 Å². The van der Waals surface area contributed by atoms with Crippen molar-refractivity contribution in [2.75, 3.05) is 5.32 Å². The van der Waals surface area contributed by atoms with Crippen molar-refractivity contribution in [1.29, 1.82) is 5.41 Å². The topological polar surface area (TPSA) is 117 Å². The van der Waals surface area contributed by atoms with E-state index in [1.807, 2.05) is 76.2 Å². The van der Waals surface area contributed by atoms with Crippen molar-refractivity contribution >= 4 is 35.3 Å². The Bertz CT molecular complexity index is 1410. The molecule has 0 bridgehead atoms. The first-order valence-corrected chi connectivity index (χ1v) is 15.5. The molecule has 0 atom stereocenters. The standard InChI is InChI=1S/C24H24N6O.C8H16F2.C4H10/c1-15(17(3)31)12-19-4-5-20(13-16(19)2)24-27-11-10-23(29-24)28-21-8-6-18(7-9-21)22(14-25)30-26;1-4-8(9,10)6-5-7(2)3;1-3-4-2/h4-14,25H,26H2,1-3H3,(H,27,28,29);7H,4-6H2,1-3H3;3-4H2,1-2H3/b15-12+,25-14?,30-22+;;. The highest BCUT2D eigenvalue weighted by Crippen LogP contribution is 2.26. The van der Waals surface area contributed by atoms with Gasteiger partial charge in [0.2, 0.25) is 5.92 Å². The molecule has 1 heterocycles. The van der Waals surface area contributed by atoms with Crippen LogP contribution in [0.25, 0.3) is 17.5 Å². The number of aromatic nitrogens is 2. The number of carbonyl (C=O) groups is 1. The number of hydrazone groups is 1. The number of alkyl halides is 2. The van der Waals surface area contributed by atoms with Crippen molar-refractivity contribution in [3.8, 4) is 11.4 Å². The van der Waals surface area contributed by atoms with Crippen LogP contribution in [0, 0.1) is 18.3 Å². The average molecular weight is 621 g/mol. The quantitative estimate of drug-likeness (QED) is 0.0806. The first-order valence-electron chi connectivity index (χ1n) is 15.5. The number of aryl methyl sites for hydroxylation is 1. The number of benzene rings is 2. The average Bonchev–Trinajstić information content (AvgIpc) is 3.03. The molecule has 7 nitrogen and oxygen atoms in total. The number of nitrogens with one attached hydrogen (secondary N) is 2. The van der Waals surface area contributed by atoms with Crippen molar-refractivity contribution in [2.24, 2.45) is 16.9 Å².